The van der Waals surface area contributed by atoms with Crippen molar-refractivity contribution in [2.75, 3.05) is 22.6 Å². The Morgan fingerprint density at radius 3 is 2.68 bits per heavy atom. The minimum Gasteiger partial charge on any atom is -0.383 e. The van der Waals surface area contributed by atoms with Crippen molar-refractivity contribution < 1.29 is 0 Å². The molecule has 6 nitrogen and oxygen atoms in total. The highest BCUT2D eigenvalue weighted by Crippen LogP contribution is 2.13. The SMILES string of the molecule is CCSCCC(C)Nc1c(N)n(CC)c(=O)[nH]c1=O. The number of nitrogen functional groups attached to an aromatic ring is 1. The fourth-order valence-corrected chi connectivity index (χ4v) is 2.57. The molecule has 0 fully saturated rings. The highest BCUT2D eigenvalue weighted by Gasteiger charge is 2.13. The fraction of sp³-hybridized carbons (Fsp3) is 0.667. The minimum atomic E-state index is -0.468. The highest BCUT2D eigenvalue weighted by atomic mass is 32.2. The van der Waals surface area contributed by atoms with Crippen molar-refractivity contribution in [3.05, 3.63) is 20.8 Å². The molecular formula is C12H22N4O2S. The molecule has 0 aliphatic carbocycles. The second kappa shape index (κ2) is 7.28. The lowest BCUT2D eigenvalue weighted by Gasteiger charge is -2.17. The Balaban J connectivity index is 2.89. The van der Waals surface area contributed by atoms with E-state index in [1.807, 2.05) is 18.7 Å². The Kier molecular flexibility index (Phi) is 6.01. The number of H-pyrrole nitrogens is 1. The van der Waals surface area contributed by atoms with Crippen molar-refractivity contribution in [2.45, 2.75) is 39.8 Å². The first kappa shape index (κ1) is 15.7. The first-order valence-corrected chi connectivity index (χ1v) is 7.63. The first-order valence-electron chi connectivity index (χ1n) is 6.48. The number of anilines is 2. The van der Waals surface area contributed by atoms with E-state index in [-0.39, 0.29) is 17.5 Å². The normalized spacial score (nSPS) is 12.4. The van der Waals surface area contributed by atoms with Gasteiger partial charge < -0.3 is 11.1 Å². The minimum absolute atomic E-state index is 0.130. The van der Waals surface area contributed by atoms with Gasteiger partial charge in [-0.25, -0.2) is 4.79 Å². The zero-order chi connectivity index (χ0) is 14.4. The van der Waals surface area contributed by atoms with E-state index in [9.17, 15) is 9.59 Å². The van der Waals surface area contributed by atoms with Gasteiger partial charge in [-0.1, -0.05) is 6.92 Å². The van der Waals surface area contributed by atoms with Gasteiger partial charge in [0.25, 0.3) is 5.56 Å². The molecule has 1 aromatic heterocycles. The average Bonchev–Trinajstić information content (AvgIpc) is 2.35. The molecule has 19 heavy (non-hydrogen) atoms. The van der Waals surface area contributed by atoms with Gasteiger partial charge in [-0.15, -0.1) is 0 Å². The molecule has 0 aliphatic rings. The van der Waals surface area contributed by atoms with Crippen LogP contribution in [0.4, 0.5) is 11.5 Å². The number of thioether (sulfide) groups is 1. The van der Waals surface area contributed by atoms with Crippen LogP contribution in [0.5, 0.6) is 0 Å². The van der Waals surface area contributed by atoms with Crippen LogP contribution >= 0.6 is 11.8 Å². The van der Waals surface area contributed by atoms with Crippen LogP contribution in [0.1, 0.15) is 27.2 Å². The maximum atomic E-state index is 11.8. The van der Waals surface area contributed by atoms with E-state index in [4.69, 9.17) is 5.73 Å². The summed E-state index contributed by atoms with van der Waals surface area (Å²) in [5.41, 5.74) is 5.24. The van der Waals surface area contributed by atoms with Crippen molar-refractivity contribution in [3.8, 4) is 0 Å². The lowest BCUT2D eigenvalue weighted by molar-refractivity contribution is 0.699. The molecule has 0 saturated carbocycles. The average molecular weight is 286 g/mol. The summed E-state index contributed by atoms with van der Waals surface area (Å²) in [4.78, 5) is 25.6. The van der Waals surface area contributed by atoms with Crippen LogP contribution in [0.3, 0.4) is 0 Å². The smallest absolute Gasteiger partial charge is 0.330 e. The third kappa shape index (κ3) is 4.05. The quantitative estimate of drug-likeness (QED) is 0.652. The van der Waals surface area contributed by atoms with Gasteiger partial charge in [-0.2, -0.15) is 11.8 Å². The predicted octanol–water partition coefficient (Wildman–Crippen LogP) is 1.08. The van der Waals surface area contributed by atoms with E-state index in [1.165, 1.54) is 4.57 Å². The van der Waals surface area contributed by atoms with Gasteiger partial charge in [0.1, 0.15) is 11.5 Å². The lowest BCUT2D eigenvalue weighted by Crippen LogP contribution is -2.35. The predicted molar refractivity (Wildman–Crippen MR) is 82.1 cm³/mol. The van der Waals surface area contributed by atoms with Crippen LogP contribution < -0.4 is 22.3 Å². The number of rotatable bonds is 7. The van der Waals surface area contributed by atoms with E-state index < -0.39 is 11.2 Å². The van der Waals surface area contributed by atoms with Gasteiger partial charge in [0.2, 0.25) is 0 Å². The van der Waals surface area contributed by atoms with Gasteiger partial charge in [-0.05, 0) is 31.8 Å². The van der Waals surface area contributed by atoms with Crippen LogP contribution in [0.2, 0.25) is 0 Å². The Morgan fingerprint density at radius 1 is 1.42 bits per heavy atom. The molecule has 1 aromatic rings. The van der Waals surface area contributed by atoms with Crippen molar-refractivity contribution in [2.24, 2.45) is 0 Å². The topological polar surface area (TPSA) is 92.9 Å². The van der Waals surface area contributed by atoms with Crippen molar-refractivity contribution in [1.29, 1.82) is 0 Å². The second-order valence-electron chi connectivity index (χ2n) is 4.29. The summed E-state index contributed by atoms with van der Waals surface area (Å²) in [7, 11) is 0. The molecule has 0 aromatic carbocycles. The molecule has 1 atom stereocenters. The summed E-state index contributed by atoms with van der Waals surface area (Å²) < 4.78 is 1.34. The largest absolute Gasteiger partial charge is 0.383 e. The molecule has 1 heterocycles. The zero-order valence-corrected chi connectivity index (χ0v) is 12.5. The zero-order valence-electron chi connectivity index (χ0n) is 11.7. The van der Waals surface area contributed by atoms with E-state index >= 15 is 0 Å². The first-order chi connectivity index (χ1) is 9.01. The second-order valence-corrected chi connectivity index (χ2v) is 5.69. The summed E-state index contributed by atoms with van der Waals surface area (Å²) in [5, 5.41) is 3.10. The number of nitrogens with one attached hydrogen (secondary N) is 2. The number of nitrogens with zero attached hydrogens (tertiary/aromatic N) is 1. The van der Waals surface area contributed by atoms with E-state index in [1.54, 1.807) is 6.92 Å². The lowest BCUT2D eigenvalue weighted by atomic mass is 10.2. The molecule has 0 radical (unpaired) electrons. The molecule has 1 rings (SSSR count). The van der Waals surface area contributed by atoms with Gasteiger partial charge in [0.15, 0.2) is 0 Å². The Morgan fingerprint density at radius 2 is 2.11 bits per heavy atom. The van der Waals surface area contributed by atoms with Crippen molar-refractivity contribution in [1.82, 2.24) is 9.55 Å². The molecule has 0 aliphatic heterocycles. The maximum Gasteiger partial charge on any atom is 0.330 e. The number of nitrogens with two attached hydrogens (primary N) is 1. The van der Waals surface area contributed by atoms with Crippen LogP contribution in [0.25, 0.3) is 0 Å². The van der Waals surface area contributed by atoms with Crippen LogP contribution in [0, 0.1) is 0 Å². The van der Waals surface area contributed by atoms with Crippen LogP contribution in [-0.2, 0) is 6.54 Å². The van der Waals surface area contributed by atoms with Crippen LogP contribution in [0.15, 0.2) is 9.59 Å². The standard InChI is InChI=1S/C12H22N4O2S/c1-4-16-10(13)9(11(17)15-12(16)18)14-8(3)6-7-19-5-2/h8,14H,4-7,13H2,1-3H3,(H,15,17,18). The molecule has 0 spiro atoms. The van der Waals surface area contributed by atoms with E-state index in [0.717, 1.165) is 17.9 Å². The van der Waals surface area contributed by atoms with Gasteiger partial charge in [-0.3, -0.25) is 14.3 Å². The summed E-state index contributed by atoms with van der Waals surface area (Å²) in [6.07, 6.45) is 0.933. The number of hydrogen-bond acceptors (Lipinski definition) is 5. The molecule has 0 bridgehead atoms. The molecule has 0 saturated heterocycles. The monoisotopic (exact) mass is 286 g/mol. The summed E-state index contributed by atoms with van der Waals surface area (Å²) in [6.45, 7) is 6.34. The summed E-state index contributed by atoms with van der Waals surface area (Å²) in [5.74, 6) is 2.30. The molecule has 7 heteroatoms. The third-order valence-corrected chi connectivity index (χ3v) is 3.78. The Labute approximate surface area is 116 Å². The molecule has 0 amide bonds. The molecule has 108 valence electrons. The highest BCUT2D eigenvalue weighted by molar-refractivity contribution is 7.99. The molecule has 4 N–H and O–H groups in total. The summed E-state index contributed by atoms with van der Waals surface area (Å²) >= 11 is 1.85. The fourth-order valence-electron chi connectivity index (χ4n) is 1.76. The Hall–Kier alpha value is -1.37. The van der Waals surface area contributed by atoms with E-state index in [2.05, 4.69) is 17.2 Å². The van der Waals surface area contributed by atoms with Gasteiger partial charge in [0, 0.05) is 12.6 Å². The van der Waals surface area contributed by atoms with Gasteiger partial charge in [0.05, 0.1) is 0 Å². The number of hydrogen-bond donors (Lipinski definition) is 3. The van der Waals surface area contributed by atoms with Gasteiger partial charge >= 0.3 is 5.69 Å². The number of aromatic amines is 1. The Bertz CT molecular complexity index is 523. The van der Waals surface area contributed by atoms with Crippen molar-refractivity contribution >= 4 is 23.3 Å². The van der Waals surface area contributed by atoms with Crippen LogP contribution in [-0.4, -0.2) is 27.1 Å². The number of aromatic nitrogens is 2. The molecular weight excluding hydrogens is 264 g/mol. The molecule has 1 unspecified atom stereocenters. The van der Waals surface area contributed by atoms with Crippen molar-refractivity contribution in [3.63, 3.8) is 0 Å². The summed E-state index contributed by atoms with van der Waals surface area (Å²) in [6, 6.07) is 0.130. The van der Waals surface area contributed by atoms with E-state index in [0.29, 0.717) is 6.54 Å². The maximum absolute atomic E-state index is 11.8. The third-order valence-electron chi connectivity index (χ3n) is 2.85.